The van der Waals surface area contributed by atoms with Crippen LogP contribution in [-0.2, 0) is 36.8 Å². The standard InChI is InChI=1S/C14H16NO4.C13H13Br2NO4.C11H15P.C10H12.CH5P.2CH4P.3CH4.4U/c1-8-9-5-12(14(17)19-4)15(2)11(9)6-13(18-3)10(8)7-16;1-16-8(13(18)20-3)4-6-9(14)7(5-17)12(19-2)10(15)11(6)16;1-7-6-8(2)10(4)11(12-5)9(7)3;1-7-5-9(3)10(4)6-8(7)2;3*1-2;;;;;;;/h5,16H,7H2,1-4H3;4,17H,5H2,1-3H3;12H,5H2,1-4H3;1-4H3;2H2,1H3;2*1-2H2;3*1H4;;;;/q-1;;2*-2;;2*-1;;;;;3*+2. The molecule has 0 aliphatic heterocycles. The number of halogens is 2. The molecule has 0 fully saturated rings. The number of aryl methyl sites for hydroxylation is 9. The van der Waals surface area contributed by atoms with Gasteiger partial charge in [-0.05, 0) is 37.9 Å². The molecule has 4 atom stereocenters. The minimum atomic E-state index is -0.424. The fourth-order valence-electron chi connectivity index (χ4n) is 6.74. The summed E-state index contributed by atoms with van der Waals surface area (Å²) in [4.78, 5) is 23.5. The van der Waals surface area contributed by atoms with E-state index in [9.17, 15) is 19.8 Å². The molecule has 4 unspecified atom stereocenters. The molecule has 2 heterocycles. The zero-order valence-corrected chi connectivity index (χ0v) is 68.2. The number of ether oxygens (including phenoxy) is 4. The van der Waals surface area contributed by atoms with Crippen molar-refractivity contribution in [1.29, 1.82) is 0 Å². The maximum Gasteiger partial charge on any atom is 2.00 e. The van der Waals surface area contributed by atoms with Crippen LogP contribution in [0.15, 0.2) is 21.1 Å². The van der Waals surface area contributed by atoms with Crippen LogP contribution in [0.4, 0.5) is 0 Å². The Balaban J connectivity index is -0.000000126. The summed E-state index contributed by atoms with van der Waals surface area (Å²) in [5.74, 6) is 0.192. The van der Waals surface area contributed by atoms with Crippen LogP contribution in [0.3, 0.4) is 0 Å². The summed E-state index contributed by atoms with van der Waals surface area (Å²) < 4.78 is 24.9. The molecule has 0 spiro atoms. The first-order valence-corrected chi connectivity index (χ1v) is 26.1. The molecule has 0 saturated heterocycles. The Kier molecular flexibility index (Phi) is 58.1. The maximum absolute atomic E-state index is 11.8. The monoisotopic (exact) mass is 2120 g/mol. The smallest absolute Gasteiger partial charge is 0.522 e. The van der Waals surface area contributed by atoms with Gasteiger partial charge >= 0.3 is 105 Å². The van der Waals surface area contributed by atoms with E-state index in [0.29, 0.717) is 51.5 Å². The second-order valence-electron chi connectivity index (χ2n) is 14.3. The summed E-state index contributed by atoms with van der Waals surface area (Å²) >= 11 is 6.93. The quantitative estimate of drug-likeness (QED) is 0.0921. The van der Waals surface area contributed by atoms with Gasteiger partial charge < -0.3 is 88.9 Å². The Labute approximate surface area is 568 Å². The molecule has 4 aromatic carbocycles. The van der Waals surface area contributed by atoms with E-state index in [1.54, 1.807) is 35.4 Å². The Bertz CT molecular complexity index is 2540. The van der Waals surface area contributed by atoms with Gasteiger partial charge in [0, 0.05) is 73.0 Å². The summed E-state index contributed by atoms with van der Waals surface area (Å²) in [6.07, 6.45) is 0. The van der Waals surface area contributed by atoms with E-state index in [4.69, 9.17) is 18.9 Å². The SMILES string of the molecule is C.C.C.COC(=O)c1cc2c(Br)c(CO)c(OC)c(Br)c2n1C.COC(=O)c1cc2c(C)c(CO)c(OC)[c-]c2n1C.CP.Cc1[c-]c(C)c(C)[c-]c1C.[CH2-]P.[CH2-]P.[CH2-]Pc1c(C)c(C)[c-]c(C)c1C.[U+2].[U+2].[U+2].[U]. The van der Waals surface area contributed by atoms with Crippen LogP contribution in [0.2, 0.25) is 0 Å². The minimum Gasteiger partial charge on any atom is -0.522 e. The average Bonchev–Trinajstić information content (AvgIpc) is 3.87. The van der Waals surface area contributed by atoms with Crippen molar-refractivity contribution in [3.63, 3.8) is 0 Å². The molecule has 6 aromatic rings. The van der Waals surface area contributed by atoms with Crippen molar-refractivity contribution in [3.8, 4) is 11.5 Å². The molecule has 0 bridgehead atoms. The number of aliphatic hydroxyl groups is 2. The summed E-state index contributed by atoms with van der Waals surface area (Å²) in [5, 5.41) is 22.0. The van der Waals surface area contributed by atoms with Gasteiger partial charge in [0.25, 0.3) is 0 Å². The molecule has 0 aliphatic carbocycles. The van der Waals surface area contributed by atoms with Crippen molar-refractivity contribution in [2.75, 3.05) is 35.1 Å². The van der Waals surface area contributed by atoms with Crippen molar-refractivity contribution in [3.05, 3.63) is 138 Å². The third-order valence-corrected chi connectivity index (χ3v) is 13.6. The van der Waals surface area contributed by atoms with Gasteiger partial charge in [-0.25, -0.2) is 9.59 Å². The van der Waals surface area contributed by atoms with E-state index >= 15 is 0 Å². The predicted molar refractivity (Wildman–Crippen MR) is 319 cm³/mol. The molecule has 0 aliphatic rings. The van der Waals surface area contributed by atoms with Crippen molar-refractivity contribution in [2.45, 2.75) is 97.8 Å². The fourth-order valence-corrected chi connectivity index (χ4v) is 9.13. The van der Waals surface area contributed by atoms with Crippen molar-refractivity contribution in [2.24, 2.45) is 14.1 Å². The van der Waals surface area contributed by atoms with Gasteiger partial charge in [-0.3, -0.25) is 30.8 Å². The van der Waals surface area contributed by atoms with Gasteiger partial charge in [0.2, 0.25) is 0 Å². The largest absolute Gasteiger partial charge is 2.00 e. The van der Waals surface area contributed by atoms with Crippen LogP contribution in [0.5, 0.6) is 11.5 Å². The summed E-state index contributed by atoms with van der Waals surface area (Å²) in [6, 6.07) is 16.4. The molecule has 0 saturated carbocycles. The number of esters is 2. The summed E-state index contributed by atoms with van der Waals surface area (Å²) in [6.45, 7) is 30.6. The first kappa shape index (κ1) is 91.8. The first-order valence-electron chi connectivity index (χ1n) is 20.5. The molecule has 74 heavy (non-hydrogen) atoms. The van der Waals surface area contributed by atoms with Gasteiger partial charge in [0.05, 0.1) is 45.0 Å². The second-order valence-corrected chi connectivity index (χ2v) is 16.8. The summed E-state index contributed by atoms with van der Waals surface area (Å²) in [5.41, 5.74) is 14.7. The van der Waals surface area contributed by atoms with Gasteiger partial charge in [-0.1, -0.05) is 80.7 Å². The zero-order chi connectivity index (χ0) is 52.2. The van der Waals surface area contributed by atoms with Gasteiger partial charge in [-0.15, -0.1) is 54.0 Å². The number of fused-ring (bicyclic) bond motifs is 2. The zero-order valence-electron chi connectivity index (χ0n) is 43.9. The normalized spacial score (nSPS) is 9.16. The number of hydrogen-bond acceptors (Lipinski definition) is 8. The molecule has 2 aromatic heterocycles. The van der Waals surface area contributed by atoms with Crippen LogP contribution in [0.25, 0.3) is 21.8 Å². The van der Waals surface area contributed by atoms with E-state index < -0.39 is 11.9 Å². The number of aromatic nitrogens is 2. The number of hydrogen-bond donors (Lipinski definition) is 2. The Morgan fingerprint density at radius 1 is 0.608 bits per heavy atom. The topological polar surface area (TPSA) is 121 Å². The number of benzene rings is 4. The molecule has 0 radical (unpaired) electrons. The van der Waals surface area contributed by atoms with Crippen LogP contribution in [0.1, 0.15) is 104 Å². The van der Waals surface area contributed by atoms with Crippen molar-refractivity contribution < 1.29 is 163 Å². The maximum atomic E-state index is 11.8. The average molecular weight is 2120 g/mol. The van der Waals surface area contributed by atoms with Gasteiger partial charge in [0.15, 0.2) is 0 Å². The Morgan fingerprint density at radius 2 is 0.973 bits per heavy atom. The van der Waals surface area contributed by atoms with Crippen LogP contribution < -0.4 is 14.8 Å². The fraction of sp³-hybridized carbons (Fsp3) is 0.389. The van der Waals surface area contributed by atoms with E-state index in [2.05, 4.69) is 159 Å². The third-order valence-electron chi connectivity index (χ3n) is 10.8. The minimum absolute atomic E-state index is 0. The molecule has 406 valence electrons. The van der Waals surface area contributed by atoms with E-state index in [1.165, 1.54) is 78.3 Å². The van der Waals surface area contributed by atoms with Gasteiger partial charge in [-0.2, -0.15) is 33.6 Å². The van der Waals surface area contributed by atoms with Crippen molar-refractivity contribution in [1.82, 2.24) is 9.13 Å². The third kappa shape index (κ3) is 23.6. The summed E-state index contributed by atoms with van der Waals surface area (Å²) in [7, 11) is 16.7. The van der Waals surface area contributed by atoms with Crippen molar-refractivity contribution >= 4 is 107 Å². The van der Waals surface area contributed by atoms with Gasteiger partial charge in [0.1, 0.15) is 17.1 Å². The van der Waals surface area contributed by atoms with Crippen LogP contribution in [0, 0.1) is 231 Å². The van der Waals surface area contributed by atoms with E-state index in [0.717, 1.165) is 27.4 Å². The predicted octanol–water partition coefficient (Wildman–Crippen LogP) is 13.6. The number of methoxy groups -OCH3 is 4. The van der Waals surface area contributed by atoms with Crippen LogP contribution >= 0.6 is 68.2 Å². The second kappa shape index (κ2) is 46.9. The Hall–Kier alpha value is 1.31. The molecule has 10 nitrogen and oxygen atoms in total. The Morgan fingerprint density at radius 3 is 1.31 bits per heavy atom. The number of rotatable bonds is 7. The van der Waals surface area contributed by atoms with E-state index in [1.807, 2.05) is 13.6 Å². The molecule has 0 amide bonds. The molecule has 20 heteroatoms. The molecule has 6 rings (SSSR count). The number of nitrogens with zero attached hydrogens (tertiary/aromatic N) is 2. The number of carbonyl (C=O) groups is 2. The number of aliphatic hydroxyl groups excluding tert-OH is 2. The molecule has 2 N–H and O–H groups in total. The van der Waals surface area contributed by atoms with E-state index in [-0.39, 0.29) is 160 Å². The van der Waals surface area contributed by atoms with Crippen LogP contribution in [-0.4, -0.2) is 66.4 Å². The molecular formula is C54H81Br2N2O8P4U4-. The first-order chi connectivity index (χ1) is 31.7. The number of carbonyl (C=O) groups excluding carboxylic acids is 2. The molecular weight excluding hydrogens is 2040 g/mol.